The molecule has 0 aliphatic carbocycles. The fourth-order valence-electron chi connectivity index (χ4n) is 7.98. The number of carboxylic acids is 1. The van der Waals surface area contributed by atoms with Crippen LogP contribution >= 0.6 is 23.3 Å². The SMILES string of the molecule is C=CCOC(=O)N1CC[C@@H](N2CC/C(=C\C3=C(C(=O)O)N4C(=O)[C@@H](NC(=O)/C(=N/OC(c5ccccc5)(c5ccccc5)c5ccccc5)c5nsc(N)n5)C4SC3)C2=O)C1. The summed E-state index contributed by atoms with van der Waals surface area (Å²) in [5, 5.41) is 16.9. The van der Waals surface area contributed by atoms with Crippen LogP contribution in [0.1, 0.15) is 35.4 Å². The summed E-state index contributed by atoms with van der Waals surface area (Å²) in [6.45, 7) is 4.81. The van der Waals surface area contributed by atoms with Crippen LogP contribution in [0, 0.1) is 0 Å². The quantitative estimate of drug-likeness (QED) is 0.0433. The van der Waals surface area contributed by atoms with Crippen LogP contribution in [0.15, 0.2) is 132 Å². The molecule has 8 rings (SSSR count). The van der Waals surface area contributed by atoms with Crippen molar-refractivity contribution in [2.75, 3.05) is 37.7 Å². The van der Waals surface area contributed by atoms with Crippen molar-refractivity contribution in [1.29, 1.82) is 0 Å². The van der Waals surface area contributed by atoms with Crippen LogP contribution in [0.25, 0.3) is 0 Å². The van der Waals surface area contributed by atoms with Crippen LogP contribution < -0.4 is 11.1 Å². The van der Waals surface area contributed by atoms with Crippen molar-refractivity contribution < 1.29 is 38.7 Å². The molecule has 3 aromatic carbocycles. The number of allylic oxidation sites excluding steroid dienone is 1. The van der Waals surface area contributed by atoms with Gasteiger partial charge in [0.05, 0.1) is 6.04 Å². The summed E-state index contributed by atoms with van der Waals surface area (Å²) >= 11 is 2.10. The lowest BCUT2D eigenvalue weighted by Crippen LogP contribution is -2.71. The number of fused-ring (bicyclic) bond motifs is 1. The molecule has 61 heavy (non-hydrogen) atoms. The van der Waals surface area contributed by atoms with Crippen LogP contribution in [0.5, 0.6) is 0 Å². The van der Waals surface area contributed by atoms with Crippen LogP contribution in [-0.4, -0.2) is 114 Å². The number of nitrogens with two attached hydrogens (primary N) is 1. The molecule has 4 aromatic rings. The number of nitrogens with one attached hydrogen (secondary N) is 1. The molecule has 16 nitrogen and oxygen atoms in total. The fraction of sp³-hybridized carbons (Fsp3) is 0.256. The number of aromatic nitrogens is 2. The van der Waals surface area contributed by atoms with Crippen LogP contribution in [0.2, 0.25) is 0 Å². The molecule has 3 atom stereocenters. The molecule has 1 unspecified atom stereocenters. The van der Waals surface area contributed by atoms with Gasteiger partial charge < -0.3 is 35.5 Å². The van der Waals surface area contributed by atoms with Crippen molar-refractivity contribution in [2.24, 2.45) is 5.16 Å². The van der Waals surface area contributed by atoms with Gasteiger partial charge in [0.25, 0.3) is 11.8 Å². The zero-order chi connectivity index (χ0) is 42.7. The summed E-state index contributed by atoms with van der Waals surface area (Å²) in [5.74, 6) is -3.09. The molecule has 3 fully saturated rings. The number of oxime groups is 1. The number of hydrogen-bond acceptors (Lipinski definition) is 13. The molecule has 1 aromatic heterocycles. The Morgan fingerprint density at radius 3 is 2.20 bits per heavy atom. The molecule has 4 amide bonds. The highest BCUT2D eigenvalue weighted by Crippen LogP contribution is 2.43. The van der Waals surface area contributed by atoms with Gasteiger partial charge in [-0.2, -0.15) is 9.36 Å². The van der Waals surface area contributed by atoms with Crippen molar-refractivity contribution >= 4 is 63.9 Å². The number of aliphatic carboxylic acids is 1. The van der Waals surface area contributed by atoms with Crippen LogP contribution in [0.3, 0.4) is 0 Å². The number of nitrogen functional groups attached to an aromatic ring is 1. The van der Waals surface area contributed by atoms with E-state index in [1.54, 1.807) is 15.9 Å². The normalized spacial score (nSPS) is 21.0. The van der Waals surface area contributed by atoms with E-state index in [1.165, 1.54) is 17.8 Å². The smallest absolute Gasteiger partial charge is 0.410 e. The highest BCUT2D eigenvalue weighted by molar-refractivity contribution is 8.00. The van der Waals surface area contributed by atoms with E-state index in [0.29, 0.717) is 60.3 Å². The lowest BCUT2D eigenvalue weighted by atomic mass is 9.80. The summed E-state index contributed by atoms with van der Waals surface area (Å²) in [4.78, 5) is 82.0. The van der Waals surface area contributed by atoms with E-state index >= 15 is 0 Å². The summed E-state index contributed by atoms with van der Waals surface area (Å²) < 4.78 is 9.39. The van der Waals surface area contributed by atoms with E-state index in [2.05, 4.69) is 26.4 Å². The number of carboxylic acid groups (broad SMARTS) is 1. The Morgan fingerprint density at radius 2 is 1.62 bits per heavy atom. The Morgan fingerprint density at radius 1 is 0.984 bits per heavy atom. The Bertz CT molecular complexity index is 2360. The third-order valence-electron chi connectivity index (χ3n) is 10.9. The van der Waals surface area contributed by atoms with Crippen molar-refractivity contribution in [3.05, 3.63) is 149 Å². The second-order valence-corrected chi connectivity index (χ2v) is 16.4. The number of thioether (sulfide) groups is 1. The third kappa shape index (κ3) is 7.86. The first-order valence-electron chi connectivity index (χ1n) is 19.4. The number of amides is 4. The average Bonchev–Trinajstić information content (AvgIpc) is 4.04. The molecular weight excluding hydrogens is 821 g/mol. The van der Waals surface area contributed by atoms with E-state index in [0.717, 1.165) is 16.4 Å². The lowest BCUT2D eigenvalue weighted by molar-refractivity contribution is -0.150. The first-order valence-corrected chi connectivity index (χ1v) is 21.2. The Labute approximate surface area is 358 Å². The molecule has 18 heteroatoms. The van der Waals surface area contributed by atoms with Gasteiger partial charge in [-0.25, -0.2) is 9.59 Å². The van der Waals surface area contributed by atoms with Gasteiger partial charge in [-0.15, -0.1) is 11.8 Å². The van der Waals surface area contributed by atoms with Crippen LogP contribution in [0.4, 0.5) is 9.93 Å². The summed E-state index contributed by atoms with van der Waals surface area (Å²) in [6, 6.07) is 26.8. The first-order chi connectivity index (χ1) is 29.6. The number of carbonyl (C=O) groups is 5. The van der Waals surface area contributed by atoms with Gasteiger partial charge in [-0.3, -0.25) is 19.3 Å². The molecule has 312 valence electrons. The number of hydrogen-bond donors (Lipinski definition) is 3. The number of rotatable bonds is 13. The number of carbonyl (C=O) groups excluding carboxylic acids is 4. The third-order valence-corrected chi connectivity index (χ3v) is 12.7. The molecule has 4 N–H and O–H groups in total. The molecule has 5 heterocycles. The largest absolute Gasteiger partial charge is 0.477 e. The van der Waals surface area contributed by atoms with E-state index in [9.17, 15) is 29.1 Å². The fourth-order valence-corrected chi connectivity index (χ4v) is 9.72. The minimum absolute atomic E-state index is 0.0700. The summed E-state index contributed by atoms with van der Waals surface area (Å²) in [5.41, 5.74) is 6.82. The molecule has 0 bridgehead atoms. The van der Waals surface area contributed by atoms with Crippen molar-refractivity contribution in [3.63, 3.8) is 0 Å². The number of nitrogens with zero attached hydrogens (tertiary/aromatic N) is 6. The summed E-state index contributed by atoms with van der Waals surface area (Å²) in [7, 11) is 0. The standard InChI is InChI=1S/C43H40N8O8S2/c1-2-22-58-42(57)49-20-19-31(24-49)50-21-18-26(37(50)53)23-27-25-60-39-33(38(54)51(39)34(27)40(55)56)45-36(52)32(35-46-41(44)61-48-35)47-59-43(28-12-6-3-7-13-28,29-14-8-4-9-15-29)30-16-10-5-11-17-30/h2-17,23,31,33,39H,1,18-22,24-25H2,(H,45,52)(H,55,56)(H2,44,46,48)/b26-23+,47-32+/t31-,33-,39?/m1/s1. The molecule has 0 saturated carbocycles. The number of β-lactam (4-membered cyclic amide) rings is 1. The Kier molecular flexibility index (Phi) is 11.7. The van der Waals surface area contributed by atoms with Crippen molar-refractivity contribution in [3.8, 4) is 0 Å². The minimum atomic E-state index is -1.36. The van der Waals surface area contributed by atoms with E-state index in [4.69, 9.17) is 15.3 Å². The molecule has 4 aliphatic rings. The highest BCUT2D eigenvalue weighted by atomic mass is 32.2. The number of benzene rings is 3. The average molecular weight is 861 g/mol. The monoisotopic (exact) mass is 860 g/mol. The van der Waals surface area contributed by atoms with Gasteiger partial charge in [0, 0.05) is 59.2 Å². The topological polar surface area (TPSA) is 210 Å². The predicted octanol–water partition coefficient (Wildman–Crippen LogP) is 4.13. The maximum atomic E-state index is 14.3. The zero-order valence-electron chi connectivity index (χ0n) is 32.6. The number of anilines is 1. The van der Waals surface area contributed by atoms with Gasteiger partial charge >= 0.3 is 12.1 Å². The molecule has 0 spiro atoms. The van der Waals surface area contributed by atoms with E-state index in [-0.39, 0.29) is 46.7 Å². The number of ether oxygens (including phenoxy) is 1. The molecule has 4 aliphatic heterocycles. The second kappa shape index (κ2) is 17.4. The van der Waals surface area contributed by atoms with E-state index in [1.807, 2.05) is 91.0 Å². The second-order valence-electron chi connectivity index (χ2n) is 14.5. The van der Waals surface area contributed by atoms with Crippen molar-refractivity contribution in [1.82, 2.24) is 29.4 Å². The molecule has 0 radical (unpaired) electrons. The number of likely N-dealkylation sites (tertiary alicyclic amines) is 2. The van der Waals surface area contributed by atoms with Gasteiger partial charge in [0.2, 0.25) is 23.0 Å². The minimum Gasteiger partial charge on any atom is -0.477 e. The maximum Gasteiger partial charge on any atom is 0.410 e. The lowest BCUT2D eigenvalue weighted by Gasteiger charge is -2.49. The van der Waals surface area contributed by atoms with Gasteiger partial charge in [0.15, 0.2) is 5.13 Å². The van der Waals surface area contributed by atoms with Gasteiger partial charge in [0.1, 0.15) is 23.7 Å². The van der Waals surface area contributed by atoms with E-state index < -0.39 is 40.9 Å². The van der Waals surface area contributed by atoms with Crippen LogP contribution in [-0.2, 0) is 34.4 Å². The Hall–Kier alpha value is -6.79. The predicted molar refractivity (Wildman–Crippen MR) is 227 cm³/mol. The zero-order valence-corrected chi connectivity index (χ0v) is 34.2. The molecule has 3 saturated heterocycles. The highest BCUT2D eigenvalue weighted by Gasteiger charge is 2.55. The van der Waals surface area contributed by atoms with Gasteiger partial charge in [-0.1, -0.05) is 109 Å². The first kappa shape index (κ1) is 41.0. The Balaban J connectivity index is 1.04. The van der Waals surface area contributed by atoms with Crippen molar-refractivity contribution in [2.45, 2.75) is 35.9 Å². The molecular formula is C43H40N8O8S2. The van der Waals surface area contributed by atoms with Gasteiger partial charge in [-0.05, 0) is 24.5 Å². The summed E-state index contributed by atoms with van der Waals surface area (Å²) in [6.07, 6.45) is 3.51. The maximum absolute atomic E-state index is 14.3.